The predicted molar refractivity (Wildman–Crippen MR) is 90.6 cm³/mol. The molecule has 0 atom stereocenters. The Balaban J connectivity index is 1.78. The second kappa shape index (κ2) is 6.62. The van der Waals surface area contributed by atoms with E-state index in [1.54, 1.807) is 6.20 Å². The summed E-state index contributed by atoms with van der Waals surface area (Å²) in [7, 11) is 0. The van der Waals surface area contributed by atoms with Gasteiger partial charge >= 0.3 is 0 Å². The SMILES string of the molecule is Cc1ccccc1CNc1cc(C2=CCOCC2)ncc1N. The third-order valence-electron chi connectivity index (χ3n) is 3.96. The summed E-state index contributed by atoms with van der Waals surface area (Å²) in [6.07, 6.45) is 4.72. The molecule has 0 radical (unpaired) electrons. The van der Waals surface area contributed by atoms with Gasteiger partial charge in [0.25, 0.3) is 0 Å². The standard InChI is InChI=1S/C18H21N3O/c1-13-4-2-3-5-15(13)11-20-18-10-17(21-12-16(18)19)14-6-8-22-9-7-14/h2-6,10,12H,7-9,11,19H2,1H3,(H,20,21). The van der Waals surface area contributed by atoms with Crippen LogP contribution in [0.5, 0.6) is 0 Å². The Morgan fingerprint density at radius 3 is 2.95 bits per heavy atom. The molecule has 0 aliphatic carbocycles. The number of nitrogen functional groups attached to an aromatic ring is 1. The number of nitrogens with one attached hydrogen (secondary N) is 1. The van der Waals surface area contributed by atoms with Crippen LogP contribution in [-0.2, 0) is 11.3 Å². The molecule has 1 aliphatic heterocycles. The van der Waals surface area contributed by atoms with E-state index in [0.717, 1.165) is 31.0 Å². The van der Waals surface area contributed by atoms with Gasteiger partial charge < -0.3 is 15.8 Å². The van der Waals surface area contributed by atoms with Crippen molar-refractivity contribution < 1.29 is 4.74 Å². The van der Waals surface area contributed by atoms with Crippen molar-refractivity contribution in [3.8, 4) is 0 Å². The highest BCUT2D eigenvalue weighted by molar-refractivity contribution is 5.72. The van der Waals surface area contributed by atoms with Gasteiger partial charge in [-0.3, -0.25) is 4.98 Å². The highest BCUT2D eigenvalue weighted by Crippen LogP contribution is 2.26. The summed E-state index contributed by atoms with van der Waals surface area (Å²) in [6, 6.07) is 10.4. The predicted octanol–water partition coefficient (Wildman–Crippen LogP) is 3.39. The third kappa shape index (κ3) is 3.28. The largest absolute Gasteiger partial charge is 0.396 e. The number of nitrogens with two attached hydrogens (primary N) is 1. The van der Waals surface area contributed by atoms with E-state index in [9.17, 15) is 0 Å². The van der Waals surface area contributed by atoms with Gasteiger partial charge in [-0.25, -0.2) is 0 Å². The average molecular weight is 295 g/mol. The molecule has 3 N–H and O–H groups in total. The van der Waals surface area contributed by atoms with Gasteiger partial charge in [0.05, 0.1) is 36.5 Å². The topological polar surface area (TPSA) is 60.2 Å². The Morgan fingerprint density at radius 1 is 1.32 bits per heavy atom. The third-order valence-corrected chi connectivity index (χ3v) is 3.96. The average Bonchev–Trinajstić information content (AvgIpc) is 2.56. The van der Waals surface area contributed by atoms with Crippen molar-refractivity contribution in [3.05, 3.63) is 59.4 Å². The first-order valence-electron chi connectivity index (χ1n) is 7.55. The number of pyridine rings is 1. The highest BCUT2D eigenvalue weighted by Gasteiger charge is 2.10. The summed E-state index contributed by atoms with van der Waals surface area (Å²) in [4.78, 5) is 4.45. The van der Waals surface area contributed by atoms with Crippen LogP contribution in [0.15, 0.2) is 42.6 Å². The molecule has 0 saturated heterocycles. The van der Waals surface area contributed by atoms with Crippen molar-refractivity contribution in [2.75, 3.05) is 24.3 Å². The monoisotopic (exact) mass is 295 g/mol. The minimum Gasteiger partial charge on any atom is -0.396 e. The van der Waals surface area contributed by atoms with E-state index in [1.807, 2.05) is 6.07 Å². The van der Waals surface area contributed by atoms with Crippen LogP contribution in [-0.4, -0.2) is 18.2 Å². The molecule has 2 aromatic rings. The zero-order valence-electron chi connectivity index (χ0n) is 12.8. The molecule has 1 aromatic heterocycles. The van der Waals surface area contributed by atoms with E-state index in [-0.39, 0.29) is 0 Å². The maximum atomic E-state index is 6.05. The van der Waals surface area contributed by atoms with Gasteiger partial charge in [0, 0.05) is 6.54 Å². The van der Waals surface area contributed by atoms with Crippen LogP contribution in [0.25, 0.3) is 5.57 Å². The minimum absolute atomic E-state index is 0.660. The van der Waals surface area contributed by atoms with Gasteiger partial charge in [-0.15, -0.1) is 0 Å². The van der Waals surface area contributed by atoms with Gasteiger partial charge in [-0.1, -0.05) is 30.3 Å². The summed E-state index contributed by atoms with van der Waals surface area (Å²) in [6.45, 7) is 4.28. The maximum Gasteiger partial charge on any atom is 0.0736 e. The van der Waals surface area contributed by atoms with Crippen molar-refractivity contribution in [2.24, 2.45) is 0 Å². The normalized spacial score (nSPS) is 14.5. The van der Waals surface area contributed by atoms with E-state index < -0.39 is 0 Å². The van der Waals surface area contributed by atoms with Gasteiger partial charge in [0.2, 0.25) is 0 Å². The molecule has 0 saturated carbocycles. The molecule has 4 heteroatoms. The van der Waals surface area contributed by atoms with Crippen molar-refractivity contribution in [1.82, 2.24) is 4.98 Å². The second-order valence-electron chi connectivity index (χ2n) is 5.49. The lowest BCUT2D eigenvalue weighted by molar-refractivity contribution is 0.161. The molecule has 114 valence electrons. The molecule has 0 spiro atoms. The van der Waals surface area contributed by atoms with Crippen molar-refractivity contribution in [1.29, 1.82) is 0 Å². The lowest BCUT2D eigenvalue weighted by atomic mass is 10.1. The fraction of sp³-hybridized carbons (Fsp3) is 0.278. The number of hydrogen-bond acceptors (Lipinski definition) is 4. The second-order valence-corrected chi connectivity index (χ2v) is 5.49. The number of hydrogen-bond donors (Lipinski definition) is 2. The molecular formula is C18H21N3O. The Kier molecular flexibility index (Phi) is 4.39. The lowest BCUT2D eigenvalue weighted by Gasteiger charge is -2.16. The first kappa shape index (κ1) is 14.6. The van der Waals surface area contributed by atoms with Crippen LogP contribution < -0.4 is 11.1 Å². The van der Waals surface area contributed by atoms with Crippen molar-refractivity contribution in [3.63, 3.8) is 0 Å². The van der Waals surface area contributed by atoms with Crippen LogP contribution in [0, 0.1) is 6.92 Å². The summed E-state index contributed by atoms with van der Waals surface area (Å²) < 4.78 is 5.35. The first-order chi connectivity index (χ1) is 10.7. The molecular weight excluding hydrogens is 274 g/mol. The molecule has 0 fully saturated rings. The van der Waals surface area contributed by atoms with Gasteiger partial charge in [0.15, 0.2) is 0 Å². The van der Waals surface area contributed by atoms with E-state index in [1.165, 1.54) is 16.7 Å². The molecule has 0 unspecified atom stereocenters. The fourth-order valence-corrected chi connectivity index (χ4v) is 2.55. The van der Waals surface area contributed by atoms with Crippen LogP contribution in [0.3, 0.4) is 0 Å². The number of anilines is 2. The summed E-state index contributed by atoms with van der Waals surface area (Å²) >= 11 is 0. The van der Waals surface area contributed by atoms with E-state index in [0.29, 0.717) is 12.3 Å². The summed E-state index contributed by atoms with van der Waals surface area (Å²) in [5, 5.41) is 3.43. The summed E-state index contributed by atoms with van der Waals surface area (Å²) in [5.74, 6) is 0. The summed E-state index contributed by atoms with van der Waals surface area (Å²) in [5.41, 5.74) is 12.4. The van der Waals surface area contributed by atoms with Gasteiger partial charge in [-0.2, -0.15) is 0 Å². The van der Waals surface area contributed by atoms with E-state index >= 15 is 0 Å². The van der Waals surface area contributed by atoms with Crippen LogP contribution >= 0.6 is 0 Å². The van der Waals surface area contributed by atoms with Gasteiger partial charge in [-0.05, 0) is 36.1 Å². The number of rotatable bonds is 4. The van der Waals surface area contributed by atoms with Crippen molar-refractivity contribution >= 4 is 16.9 Å². The van der Waals surface area contributed by atoms with Crippen LogP contribution in [0.1, 0.15) is 23.2 Å². The fourth-order valence-electron chi connectivity index (χ4n) is 2.55. The first-order valence-corrected chi connectivity index (χ1v) is 7.55. The molecule has 0 amide bonds. The number of ether oxygens (including phenoxy) is 1. The van der Waals surface area contributed by atoms with E-state index in [2.05, 4.69) is 47.6 Å². The number of aromatic nitrogens is 1. The quantitative estimate of drug-likeness (QED) is 0.907. The number of nitrogens with zero attached hydrogens (tertiary/aromatic N) is 1. The molecule has 22 heavy (non-hydrogen) atoms. The van der Waals surface area contributed by atoms with E-state index in [4.69, 9.17) is 10.5 Å². The molecule has 3 rings (SSSR count). The Hall–Kier alpha value is -2.33. The number of benzene rings is 1. The molecule has 0 bridgehead atoms. The van der Waals surface area contributed by atoms with Gasteiger partial charge in [0.1, 0.15) is 0 Å². The number of aryl methyl sites for hydroxylation is 1. The molecule has 4 nitrogen and oxygen atoms in total. The molecule has 1 aromatic carbocycles. The Morgan fingerprint density at radius 2 is 2.18 bits per heavy atom. The lowest BCUT2D eigenvalue weighted by Crippen LogP contribution is -2.08. The highest BCUT2D eigenvalue weighted by atomic mass is 16.5. The van der Waals surface area contributed by atoms with Crippen molar-refractivity contribution in [2.45, 2.75) is 19.9 Å². The zero-order valence-corrected chi connectivity index (χ0v) is 12.8. The minimum atomic E-state index is 0.660. The molecule has 2 heterocycles. The Bertz CT molecular complexity index is 694. The zero-order chi connectivity index (χ0) is 15.4. The Labute approximate surface area is 131 Å². The van der Waals surface area contributed by atoms with Crippen LogP contribution in [0.2, 0.25) is 0 Å². The maximum absolute atomic E-state index is 6.05. The van der Waals surface area contributed by atoms with Crippen LogP contribution in [0.4, 0.5) is 11.4 Å². The molecule has 1 aliphatic rings. The smallest absolute Gasteiger partial charge is 0.0736 e.